The van der Waals surface area contributed by atoms with Gasteiger partial charge in [-0.25, -0.2) is 10.0 Å². The minimum Gasteiger partial charge on any atom is -0.465 e. The van der Waals surface area contributed by atoms with Crippen molar-refractivity contribution in [2.75, 3.05) is 13.2 Å². The highest BCUT2D eigenvalue weighted by molar-refractivity contribution is 5.97. The molecule has 0 bridgehead atoms. The maximum atomic E-state index is 14.0. The Labute approximate surface area is 206 Å². The van der Waals surface area contributed by atoms with Gasteiger partial charge in [-0.15, -0.1) is 0 Å². The molecule has 1 saturated heterocycles. The highest BCUT2D eigenvalue weighted by Gasteiger charge is 2.63. The third-order valence-corrected chi connectivity index (χ3v) is 7.18. The van der Waals surface area contributed by atoms with Crippen LogP contribution < -0.4 is 0 Å². The summed E-state index contributed by atoms with van der Waals surface area (Å²) in [4.78, 5) is 27.9. The van der Waals surface area contributed by atoms with Gasteiger partial charge in [-0.1, -0.05) is 78.9 Å². The van der Waals surface area contributed by atoms with Crippen LogP contribution in [0, 0.1) is 12.3 Å². The predicted octanol–water partition coefficient (Wildman–Crippen LogP) is 5.27. The Bertz CT molecular complexity index is 1270. The molecular formula is C30H30N2O3. The van der Waals surface area contributed by atoms with Crippen LogP contribution in [0.2, 0.25) is 0 Å². The third kappa shape index (κ3) is 3.76. The summed E-state index contributed by atoms with van der Waals surface area (Å²) in [6.07, 6.45) is 1.17. The molecule has 0 unspecified atom stereocenters. The lowest BCUT2D eigenvalue weighted by molar-refractivity contribution is -0.155. The van der Waals surface area contributed by atoms with Gasteiger partial charge in [-0.3, -0.25) is 9.59 Å². The number of amides is 1. The van der Waals surface area contributed by atoms with Crippen LogP contribution >= 0.6 is 0 Å². The highest BCUT2D eigenvalue weighted by Crippen LogP contribution is 2.57. The van der Waals surface area contributed by atoms with Crippen LogP contribution in [0.1, 0.15) is 45.6 Å². The second-order valence-corrected chi connectivity index (χ2v) is 9.30. The number of hydrogen-bond acceptors (Lipinski definition) is 4. The lowest BCUT2D eigenvalue weighted by atomic mass is 9.69. The fourth-order valence-corrected chi connectivity index (χ4v) is 5.58. The number of nitrogens with zero attached hydrogens (tertiary/aromatic N) is 2. The van der Waals surface area contributed by atoms with E-state index in [4.69, 9.17) is 4.74 Å². The molecule has 1 amide bonds. The summed E-state index contributed by atoms with van der Waals surface area (Å²) in [6, 6.07) is 25.1. The highest BCUT2D eigenvalue weighted by atomic mass is 16.5. The third-order valence-electron chi connectivity index (χ3n) is 7.18. The van der Waals surface area contributed by atoms with Crippen LogP contribution in [0.4, 0.5) is 0 Å². The van der Waals surface area contributed by atoms with Gasteiger partial charge in [0, 0.05) is 12.1 Å². The van der Waals surface area contributed by atoms with Crippen molar-refractivity contribution in [2.45, 2.75) is 32.7 Å². The predicted molar refractivity (Wildman–Crippen MR) is 135 cm³/mol. The number of fused-ring (bicyclic) bond motifs is 3. The van der Waals surface area contributed by atoms with Gasteiger partial charge in [0.25, 0.3) is 5.91 Å². The molecule has 0 radical (unpaired) electrons. The first-order valence-corrected chi connectivity index (χ1v) is 12.1. The van der Waals surface area contributed by atoms with Crippen molar-refractivity contribution < 1.29 is 14.3 Å². The Kier molecular flexibility index (Phi) is 6.03. The van der Waals surface area contributed by atoms with Crippen molar-refractivity contribution in [1.29, 1.82) is 0 Å². The number of carbonyl (C=O) groups excluding carboxylic acids is 2. The second kappa shape index (κ2) is 9.16. The molecule has 2 atom stereocenters. The minimum atomic E-state index is -1.15. The lowest BCUT2D eigenvalue weighted by Crippen LogP contribution is -2.46. The Morgan fingerprint density at radius 1 is 1.03 bits per heavy atom. The molecule has 2 heterocycles. The van der Waals surface area contributed by atoms with Crippen molar-refractivity contribution in [3.8, 4) is 0 Å². The van der Waals surface area contributed by atoms with E-state index in [9.17, 15) is 9.59 Å². The molecule has 0 spiro atoms. The summed E-state index contributed by atoms with van der Waals surface area (Å²) in [5, 5.41) is 3.68. The zero-order valence-electron chi connectivity index (χ0n) is 20.2. The van der Waals surface area contributed by atoms with Gasteiger partial charge >= 0.3 is 5.97 Å². The van der Waals surface area contributed by atoms with Gasteiger partial charge < -0.3 is 4.74 Å². The average molecular weight is 467 g/mol. The molecule has 178 valence electrons. The molecule has 0 saturated carbocycles. The smallest absolute Gasteiger partial charge is 0.320 e. The van der Waals surface area contributed by atoms with E-state index in [2.05, 4.69) is 31.7 Å². The normalized spacial score (nSPS) is 21.4. The molecule has 5 rings (SSSR count). The van der Waals surface area contributed by atoms with E-state index >= 15 is 0 Å². The standard InChI is InChI=1S/C30H30N2O3/c1-4-35-29(34)30(20-23-11-7-5-8-12-23)22(3)32(28(33)25-13-9-6-10-14-25)31-18-17-24-16-15-21(2)19-26(24)27(30)31/h5-16,19,27H,3-4,17-18,20H2,1-2H3/t27-,30-/m1/s1. The number of hydrazine groups is 1. The first-order chi connectivity index (χ1) is 17.0. The van der Waals surface area contributed by atoms with Gasteiger partial charge in [0.05, 0.1) is 18.3 Å². The summed E-state index contributed by atoms with van der Waals surface area (Å²) in [7, 11) is 0. The van der Waals surface area contributed by atoms with E-state index < -0.39 is 11.5 Å². The summed E-state index contributed by atoms with van der Waals surface area (Å²) >= 11 is 0. The molecule has 1 fully saturated rings. The zero-order chi connectivity index (χ0) is 24.6. The van der Waals surface area contributed by atoms with Crippen molar-refractivity contribution in [3.05, 3.63) is 119 Å². The molecule has 0 aliphatic carbocycles. The maximum Gasteiger partial charge on any atom is 0.320 e. The molecule has 5 nitrogen and oxygen atoms in total. The first kappa shape index (κ1) is 23.1. The summed E-state index contributed by atoms with van der Waals surface area (Å²) in [6.45, 7) is 9.15. The monoisotopic (exact) mass is 466 g/mol. The van der Waals surface area contributed by atoms with Gasteiger partial charge in [0.1, 0.15) is 5.41 Å². The van der Waals surface area contributed by atoms with Crippen molar-refractivity contribution in [1.82, 2.24) is 10.0 Å². The Morgan fingerprint density at radius 3 is 2.40 bits per heavy atom. The van der Waals surface area contributed by atoms with E-state index in [1.54, 1.807) is 17.1 Å². The molecule has 3 aromatic rings. The van der Waals surface area contributed by atoms with E-state index in [-0.39, 0.29) is 18.5 Å². The van der Waals surface area contributed by atoms with Crippen LogP contribution in [0.5, 0.6) is 0 Å². The summed E-state index contributed by atoms with van der Waals surface area (Å²) in [5.74, 6) is -0.530. The molecular weight excluding hydrogens is 436 g/mol. The van der Waals surface area contributed by atoms with Gasteiger partial charge in [-0.05, 0) is 55.5 Å². The van der Waals surface area contributed by atoms with E-state index in [0.717, 1.165) is 23.1 Å². The summed E-state index contributed by atoms with van der Waals surface area (Å²) < 4.78 is 5.74. The summed E-state index contributed by atoms with van der Waals surface area (Å²) in [5.41, 5.74) is 4.24. The molecule has 0 N–H and O–H groups in total. The number of aryl methyl sites for hydroxylation is 1. The number of rotatable bonds is 5. The van der Waals surface area contributed by atoms with Crippen molar-refractivity contribution >= 4 is 11.9 Å². The quantitative estimate of drug-likeness (QED) is 0.481. The SMILES string of the molecule is C=C1N(C(=O)c2ccccc2)N2CCc3ccc(C)cc3[C@@H]2[C@]1(Cc1ccccc1)C(=O)OCC. The van der Waals surface area contributed by atoms with Gasteiger partial charge in [0.2, 0.25) is 0 Å². The van der Waals surface area contributed by atoms with Crippen LogP contribution in [-0.4, -0.2) is 35.0 Å². The zero-order valence-corrected chi connectivity index (χ0v) is 20.2. The first-order valence-electron chi connectivity index (χ1n) is 12.1. The Hall–Kier alpha value is -3.70. The Morgan fingerprint density at radius 2 is 1.71 bits per heavy atom. The maximum absolute atomic E-state index is 14.0. The number of benzene rings is 3. The average Bonchev–Trinajstić information content (AvgIpc) is 3.13. The molecule has 2 aliphatic heterocycles. The molecule has 5 heteroatoms. The van der Waals surface area contributed by atoms with E-state index in [1.165, 1.54) is 5.56 Å². The number of hydrogen-bond donors (Lipinski definition) is 0. The lowest BCUT2D eigenvalue weighted by Gasteiger charge is -2.39. The topological polar surface area (TPSA) is 49.9 Å². The fraction of sp³-hybridized carbons (Fsp3) is 0.267. The fourth-order valence-electron chi connectivity index (χ4n) is 5.58. The number of esters is 1. The molecule has 0 aromatic heterocycles. The van der Waals surface area contributed by atoms with Crippen molar-refractivity contribution in [3.63, 3.8) is 0 Å². The molecule has 2 aliphatic rings. The van der Waals surface area contributed by atoms with Gasteiger partial charge in [-0.2, -0.15) is 0 Å². The number of ether oxygens (including phenoxy) is 1. The second-order valence-electron chi connectivity index (χ2n) is 9.30. The van der Waals surface area contributed by atoms with Crippen LogP contribution in [0.15, 0.2) is 91.1 Å². The van der Waals surface area contributed by atoms with E-state index in [0.29, 0.717) is 24.2 Å². The minimum absolute atomic E-state index is 0.184. The Balaban J connectivity index is 1.73. The van der Waals surface area contributed by atoms with Crippen LogP contribution in [0.3, 0.4) is 0 Å². The molecule has 35 heavy (non-hydrogen) atoms. The van der Waals surface area contributed by atoms with E-state index in [1.807, 2.05) is 60.5 Å². The number of carbonyl (C=O) groups is 2. The molecule has 3 aromatic carbocycles. The van der Waals surface area contributed by atoms with Crippen molar-refractivity contribution in [2.24, 2.45) is 5.41 Å². The van der Waals surface area contributed by atoms with Crippen LogP contribution in [0.25, 0.3) is 0 Å². The van der Waals surface area contributed by atoms with Gasteiger partial charge in [0.15, 0.2) is 0 Å². The largest absolute Gasteiger partial charge is 0.465 e. The van der Waals surface area contributed by atoms with Crippen LogP contribution in [-0.2, 0) is 22.4 Å².